The van der Waals surface area contributed by atoms with Gasteiger partial charge in [-0.3, -0.25) is 0 Å². The zero-order valence-corrected chi connectivity index (χ0v) is 13.0. The van der Waals surface area contributed by atoms with Gasteiger partial charge in [0.15, 0.2) is 0 Å². The van der Waals surface area contributed by atoms with Crippen molar-refractivity contribution in [1.29, 1.82) is 0 Å². The number of sulfonamides is 1. The number of nitrogens with one attached hydrogen (secondary N) is 1. The largest absolute Gasteiger partial charge is 0.326 e. The molecule has 0 aromatic heterocycles. The van der Waals surface area contributed by atoms with Crippen LogP contribution in [0.3, 0.4) is 0 Å². The lowest BCUT2D eigenvalue weighted by Crippen LogP contribution is -2.27. The highest BCUT2D eigenvalue weighted by molar-refractivity contribution is 7.89. The normalized spacial score (nSPS) is 13.1. The maximum atomic E-state index is 12.4. The number of aryl methyl sites for hydroxylation is 1. The van der Waals surface area contributed by atoms with Gasteiger partial charge in [-0.25, -0.2) is 13.1 Å². The summed E-state index contributed by atoms with van der Waals surface area (Å²) in [4.78, 5) is 0.315. The molecule has 0 aliphatic carbocycles. The highest BCUT2D eigenvalue weighted by Gasteiger charge is 2.19. The van der Waals surface area contributed by atoms with Crippen LogP contribution in [0.15, 0.2) is 53.4 Å². The van der Waals surface area contributed by atoms with Crippen molar-refractivity contribution in [2.24, 2.45) is 5.73 Å². The van der Waals surface area contributed by atoms with Crippen molar-refractivity contribution in [1.82, 2.24) is 4.72 Å². The van der Waals surface area contributed by atoms with Gasteiger partial charge >= 0.3 is 0 Å². The zero-order valence-electron chi connectivity index (χ0n) is 12.2. The van der Waals surface area contributed by atoms with Crippen molar-refractivity contribution in [3.63, 3.8) is 0 Å². The van der Waals surface area contributed by atoms with E-state index in [-0.39, 0.29) is 6.04 Å². The highest BCUT2D eigenvalue weighted by atomic mass is 32.2. The van der Waals surface area contributed by atoms with Gasteiger partial charge in [0.25, 0.3) is 0 Å². The van der Waals surface area contributed by atoms with Crippen LogP contribution in [0.5, 0.6) is 0 Å². The van der Waals surface area contributed by atoms with E-state index in [2.05, 4.69) is 4.72 Å². The molecule has 0 aliphatic heterocycles. The van der Waals surface area contributed by atoms with Crippen LogP contribution in [0.2, 0.25) is 0 Å². The average Bonchev–Trinajstić information content (AvgIpc) is 2.47. The van der Waals surface area contributed by atoms with Crippen LogP contribution in [0.4, 0.5) is 0 Å². The van der Waals surface area contributed by atoms with Gasteiger partial charge in [0.05, 0.1) is 4.90 Å². The lowest BCUT2D eigenvalue weighted by atomic mass is 10.1. The van der Waals surface area contributed by atoms with E-state index in [1.807, 2.05) is 37.3 Å². The summed E-state index contributed by atoms with van der Waals surface area (Å²) in [6.07, 6.45) is 0. The van der Waals surface area contributed by atoms with E-state index in [1.54, 1.807) is 25.1 Å². The number of hydrogen-bond acceptors (Lipinski definition) is 3. The van der Waals surface area contributed by atoms with Gasteiger partial charge in [0.2, 0.25) is 10.0 Å². The molecule has 0 fully saturated rings. The molecular formula is C16H20N2O2S. The highest BCUT2D eigenvalue weighted by Crippen LogP contribution is 2.19. The number of nitrogens with two attached hydrogens (primary N) is 1. The summed E-state index contributed by atoms with van der Waals surface area (Å²) in [5, 5.41) is 0. The first-order valence-corrected chi connectivity index (χ1v) is 8.29. The van der Waals surface area contributed by atoms with Crippen LogP contribution in [0.1, 0.15) is 29.7 Å². The topological polar surface area (TPSA) is 72.2 Å². The van der Waals surface area contributed by atoms with Crippen LogP contribution in [0, 0.1) is 6.92 Å². The summed E-state index contributed by atoms with van der Waals surface area (Å²) in [6.45, 7) is 4.09. The van der Waals surface area contributed by atoms with Crippen LogP contribution in [0.25, 0.3) is 0 Å². The van der Waals surface area contributed by atoms with E-state index in [0.717, 1.165) is 16.7 Å². The SMILES string of the molecule is Cc1ccccc1S(=O)(=O)NC(C)c1ccc(CN)cc1. The maximum absolute atomic E-state index is 12.4. The molecule has 0 bridgehead atoms. The predicted molar refractivity (Wildman–Crippen MR) is 84.2 cm³/mol. The number of rotatable bonds is 5. The van der Waals surface area contributed by atoms with E-state index >= 15 is 0 Å². The Labute approximate surface area is 126 Å². The third-order valence-corrected chi connectivity index (χ3v) is 5.13. The van der Waals surface area contributed by atoms with Gasteiger partial charge in [-0.15, -0.1) is 0 Å². The summed E-state index contributed by atoms with van der Waals surface area (Å²) in [7, 11) is -3.53. The molecule has 0 amide bonds. The molecule has 0 saturated carbocycles. The van der Waals surface area contributed by atoms with Crippen LogP contribution < -0.4 is 10.5 Å². The fourth-order valence-corrected chi connectivity index (χ4v) is 3.64. The minimum absolute atomic E-state index is 0.304. The molecule has 4 nitrogen and oxygen atoms in total. The second kappa shape index (κ2) is 6.39. The molecule has 1 atom stereocenters. The molecule has 112 valence electrons. The monoisotopic (exact) mass is 304 g/mol. The van der Waals surface area contributed by atoms with Gasteiger partial charge in [-0.2, -0.15) is 0 Å². The van der Waals surface area contributed by atoms with Gasteiger partial charge < -0.3 is 5.73 Å². The number of benzene rings is 2. The summed E-state index contributed by atoms with van der Waals surface area (Å²) in [5.41, 5.74) is 8.22. The maximum Gasteiger partial charge on any atom is 0.241 e. The lowest BCUT2D eigenvalue weighted by molar-refractivity contribution is 0.566. The Balaban J connectivity index is 2.21. The molecule has 5 heteroatoms. The Morgan fingerprint density at radius 1 is 1.10 bits per heavy atom. The second-order valence-electron chi connectivity index (χ2n) is 5.05. The Hall–Kier alpha value is -1.69. The van der Waals surface area contributed by atoms with Gasteiger partial charge in [-0.05, 0) is 36.6 Å². The van der Waals surface area contributed by atoms with Crippen molar-refractivity contribution >= 4 is 10.0 Å². The molecular weight excluding hydrogens is 284 g/mol. The van der Waals surface area contributed by atoms with Crippen LogP contribution in [-0.4, -0.2) is 8.42 Å². The van der Waals surface area contributed by atoms with Crippen LogP contribution >= 0.6 is 0 Å². The van der Waals surface area contributed by atoms with Gasteiger partial charge in [-0.1, -0.05) is 42.5 Å². The average molecular weight is 304 g/mol. The zero-order chi connectivity index (χ0) is 15.5. The first-order valence-electron chi connectivity index (χ1n) is 6.81. The smallest absolute Gasteiger partial charge is 0.241 e. The quantitative estimate of drug-likeness (QED) is 0.891. The third-order valence-electron chi connectivity index (χ3n) is 3.43. The van der Waals surface area contributed by atoms with Crippen molar-refractivity contribution < 1.29 is 8.42 Å². The molecule has 0 saturated heterocycles. The molecule has 2 rings (SSSR count). The Morgan fingerprint density at radius 3 is 2.29 bits per heavy atom. The molecule has 2 aromatic rings. The van der Waals surface area contributed by atoms with E-state index in [4.69, 9.17) is 5.73 Å². The molecule has 0 radical (unpaired) electrons. The third kappa shape index (κ3) is 3.69. The first kappa shape index (κ1) is 15.7. The van der Waals surface area contributed by atoms with Crippen molar-refractivity contribution in [3.05, 3.63) is 65.2 Å². The summed E-state index contributed by atoms with van der Waals surface area (Å²) < 4.78 is 27.6. The van der Waals surface area contributed by atoms with Crippen molar-refractivity contribution in [2.45, 2.75) is 31.3 Å². The fraction of sp³-hybridized carbons (Fsp3) is 0.250. The standard InChI is InChI=1S/C16H20N2O2S/c1-12-5-3-4-6-16(12)21(19,20)18-13(2)15-9-7-14(11-17)8-10-15/h3-10,13,18H,11,17H2,1-2H3. The first-order chi connectivity index (χ1) is 9.94. The summed E-state index contributed by atoms with van der Waals surface area (Å²) in [6, 6.07) is 14.3. The minimum atomic E-state index is -3.53. The van der Waals surface area contributed by atoms with E-state index in [9.17, 15) is 8.42 Å². The molecule has 2 aromatic carbocycles. The fourth-order valence-electron chi connectivity index (χ4n) is 2.16. The van der Waals surface area contributed by atoms with Crippen molar-refractivity contribution in [2.75, 3.05) is 0 Å². The lowest BCUT2D eigenvalue weighted by Gasteiger charge is -2.16. The Kier molecular flexibility index (Phi) is 4.77. The summed E-state index contributed by atoms with van der Waals surface area (Å²) >= 11 is 0. The Bertz CT molecular complexity index is 709. The molecule has 1 unspecified atom stereocenters. The van der Waals surface area contributed by atoms with E-state index in [1.165, 1.54) is 0 Å². The van der Waals surface area contributed by atoms with Crippen LogP contribution in [-0.2, 0) is 16.6 Å². The molecule has 0 heterocycles. The van der Waals surface area contributed by atoms with E-state index in [0.29, 0.717) is 11.4 Å². The second-order valence-corrected chi connectivity index (χ2v) is 6.74. The van der Waals surface area contributed by atoms with E-state index < -0.39 is 10.0 Å². The predicted octanol–water partition coefficient (Wildman–Crippen LogP) is 2.49. The minimum Gasteiger partial charge on any atom is -0.326 e. The van der Waals surface area contributed by atoms with Crippen molar-refractivity contribution in [3.8, 4) is 0 Å². The van der Waals surface area contributed by atoms with Gasteiger partial charge in [0.1, 0.15) is 0 Å². The Morgan fingerprint density at radius 2 is 1.71 bits per heavy atom. The van der Waals surface area contributed by atoms with Gasteiger partial charge in [0, 0.05) is 12.6 Å². The summed E-state index contributed by atoms with van der Waals surface area (Å²) in [5.74, 6) is 0. The molecule has 0 spiro atoms. The molecule has 3 N–H and O–H groups in total. The number of hydrogen-bond donors (Lipinski definition) is 2. The molecule has 0 aliphatic rings. The molecule has 21 heavy (non-hydrogen) atoms.